The average molecular weight is 326 g/mol. The Bertz CT molecular complexity index is 782. The van der Waals surface area contributed by atoms with E-state index in [9.17, 15) is 9.59 Å². The Labute approximate surface area is 139 Å². The van der Waals surface area contributed by atoms with Crippen LogP contribution in [0.2, 0.25) is 0 Å². The summed E-state index contributed by atoms with van der Waals surface area (Å²) in [6.07, 6.45) is 6.35. The van der Waals surface area contributed by atoms with Gasteiger partial charge in [0.15, 0.2) is 0 Å². The lowest BCUT2D eigenvalue weighted by Crippen LogP contribution is -2.24. The van der Waals surface area contributed by atoms with Gasteiger partial charge in [0.25, 0.3) is 0 Å². The normalized spacial score (nSPS) is 14.2. The van der Waals surface area contributed by atoms with Crippen LogP contribution in [0.3, 0.4) is 0 Å². The predicted molar refractivity (Wildman–Crippen MR) is 89.2 cm³/mol. The zero-order valence-electron chi connectivity index (χ0n) is 13.3. The van der Waals surface area contributed by atoms with Crippen molar-refractivity contribution < 1.29 is 14.3 Å². The van der Waals surface area contributed by atoms with Gasteiger partial charge < -0.3 is 10.1 Å². The van der Waals surface area contributed by atoms with Crippen molar-refractivity contribution in [2.75, 3.05) is 18.1 Å². The zero-order chi connectivity index (χ0) is 16.9. The van der Waals surface area contributed by atoms with Crippen LogP contribution in [0.4, 0.5) is 10.5 Å². The van der Waals surface area contributed by atoms with Crippen molar-refractivity contribution in [2.45, 2.75) is 6.54 Å². The number of carbonyl (C=O) groups excluding carboxylic acids is 2. The number of aryl methyl sites for hydroxylation is 1. The highest BCUT2D eigenvalue weighted by Crippen LogP contribution is 2.19. The molecule has 1 N–H and O–H groups in total. The van der Waals surface area contributed by atoms with Gasteiger partial charge >= 0.3 is 6.09 Å². The summed E-state index contributed by atoms with van der Waals surface area (Å²) < 4.78 is 6.61. The summed E-state index contributed by atoms with van der Waals surface area (Å²) in [5.74, 6) is -0.190. The van der Waals surface area contributed by atoms with Crippen LogP contribution in [-0.4, -0.2) is 34.9 Å². The van der Waals surface area contributed by atoms with Gasteiger partial charge in [-0.15, -0.1) is 0 Å². The van der Waals surface area contributed by atoms with Gasteiger partial charge in [-0.05, 0) is 23.8 Å². The standard InChI is InChI=1S/C17H18N4O3/c1-20-12-14(11-19-20)5-6-16(22)18-10-13-3-2-4-15(9-13)21-7-8-24-17(21)23/h2-6,9,11-12H,7-8,10H2,1H3,(H,18,22)/b6-5-. The van der Waals surface area contributed by atoms with Gasteiger partial charge in [-0.3, -0.25) is 14.4 Å². The van der Waals surface area contributed by atoms with E-state index in [-0.39, 0.29) is 12.0 Å². The maximum atomic E-state index is 11.9. The van der Waals surface area contributed by atoms with Crippen LogP contribution < -0.4 is 10.2 Å². The minimum absolute atomic E-state index is 0.190. The van der Waals surface area contributed by atoms with Crippen LogP contribution in [0.25, 0.3) is 6.08 Å². The molecule has 1 fully saturated rings. The summed E-state index contributed by atoms with van der Waals surface area (Å²) in [6, 6.07) is 7.47. The van der Waals surface area contributed by atoms with E-state index in [1.807, 2.05) is 37.5 Å². The van der Waals surface area contributed by atoms with Crippen LogP contribution in [0.15, 0.2) is 42.7 Å². The van der Waals surface area contributed by atoms with E-state index in [0.29, 0.717) is 19.7 Å². The highest BCUT2D eigenvalue weighted by Gasteiger charge is 2.23. The van der Waals surface area contributed by atoms with Crippen molar-refractivity contribution >= 4 is 23.8 Å². The average Bonchev–Trinajstić information content (AvgIpc) is 3.19. The topological polar surface area (TPSA) is 76.5 Å². The molecule has 1 aliphatic rings. The predicted octanol–water partition coefficient (Wildman–Crippen LogP) is 1.71. The molecule has 7 nitrogen and oxygen atoms in total. The Balaban J connectivity index is 1.57. The van der Waals surface area contributed by atoms with Gasteiger partial charge in [-0.2, -0.15) is 5.10 Å². The van der Waals surface area contributed by atoms with Crippen molar-refractivity contribution in [3.63, 3.8) is 0 Å². The number of carbonyl (C=O) groups is 2. The second-order valence-corrected chi connectivity index (χ2v) is 5.43. The number of rotatable bonds is 5. The number of anilines is 1. The number of hydrogen-bond donors (Lipinski definition) is 1. The lowest BCUT2D eigenvalue weighted by atomic mass is 10.2. The lowest BCUT2D eigenvalue weighted by molar-refractivity contribution is -0.116. The molecule has 0 radical (unpaired) electrons. The minimum Gasteiger partial charge on any atom is -0.447 e. The van der Waals surface area contributed by atoms with E-state index in [2.05, 4.69) is 10.4 Å². The van der Waals surface area contributed by atoms with E-state index < -0.39 is 0 Å². The fourth-order valence-corrected chi connectivity index (χ4v) is 2.41. The molecule has 1 aliphatic heterocycles. The summed E-state index contributed by atoms with van der Waals surface area (Å²) >= 11 is 0. The summed E-state index contributed by atoms with van der Waals surface area (Å²) in [5.41, 5.74) is 2.55. The van der Waals surface area contributed by atoms with Gasteiger partial charge in [-0.25, -0.2) is 4.79 Å². The third-order valence-corrected chi connectivity index (χ3v) is 3.60. The first-order valence-corrected chi connectivity index (χ1v) is 7.59. The van der Waals surface area contributed by atoms with Gasteiger partial charge in [0.05, 0.1) is 12.7 Å². The molecule has 0 saturated carbocycles. The molecule has 2 heterocycles. The van der Waals surface area contributed by atoms with Crippen molar-refractivity contribution in [3.8, 4) is 0 Å². The Morgan fingerprint density at radius 3 is 3.04 bits per heavy atom. The van der Waals surface area contributed by atoms with Crippen LogP contribution in [0.5, 0.6) is 0 Å². The molecule has 0 bridgehead atoms. The number of cyclic esters (lactones) is 1. The molecule has 2 aromatic rings. The molecule has 124 valence electrons. The van der Waals surface area contributed by atoms with Crippen LogP contribution >= 0.6 is 0 Å². The molecular weight excluding hydrogens is 308 g/mol. The van der Waals surface area contributed by atoms with Crippen LogP contribution in [0, 0.1) is 0 Å². The fourth-order valence-electron chi connectivity index (χ4n) is 2.41. The van der Waals surface area contributed by atoms with Crippen LogP contribution in [0.1, 0.15) is 11.1 Å². The summed E-state index contributed by atoms with van der Waals surface area (Å²) in [7, 11) is 1.82. The lowest BCUT2D eigenvalue weighted by Gasteiger charge is -2.13. The van der Waals surface area contributed by atoms with Gasteiger partial charge in [0.1, 0.15) is 6.61 Å². The number of nitrogens with zero attached hydrogens (tertiary/aromatic N) is 3. The third-order valence-electron chi connectivity index (χ3n) is 3.60. The van der Waals surface area contributed by atoms with Crippen molar-refractivity contribution in [2.24, 2.45) is 7.05 Å². The largest absolute Gasteiger partial charge is 0.447 e. The summed E-state index contributed by atoms with van der Waals surface area (Å²) in [4.78, 5) is 25.0. The second-order valence-electron chi connectivity index (χ2n) is 5.43. The molecule has 1 aromatic heterocycles. The molecule has 0 unspecified atom stereocenters. The smallest absolute Gasteiger partial charge is 0.414 e. The Kier molecular flexibility index (Phi) is 4.60. The Morgan fingerprint density at radius 1 is 1.46 bits per heavy atom. The van der Waals surface area contributed by atoms with Crippen molar-refractivity contribution in [1.82, 2.24) is 15.1 Å². The molecule has 1 saturated heterocycles. The Morgan fingerprint density at radius 2 is 2.33 bits per heavy atom. The number of aromatic nitrogens is 2. The van der Waals surface area contributed by atoms with E-state index >= 15 is 0 Å². The molecule has 0 atom stereocenters. The quantitative estimate of drug-likeness (QED) is 0.849. The highest BCUT2D eigenvalue weighted by molar-refractivity contribution is 5.91. The monoisotopic (exact) mass is 326 g/mol. The first-order valence-electron chi connectivity index (χ1n) is 7.59. The molecule has 24 heavy (non-hydrogen) atoms. The molecule has 0 spiro atoms. The van der Waals surface area contributed by atoms with E-state index in [1.54, 1.807) is 21.9 Å². The first kappa shape index (κ1) is 15.8. The molecule has 0 aliphatic carbocycles. The maximum absolute atomic E-state index is 11.9. The maximum Gasteiger partial charge on any atom is 0.414 e. The first-order chi connectivity index (χ1) is 11.6. The number of amides is 2. The molecule has 1 aromatic carbocycles. The number of benzene rings is 1. The van der Waals surface area contributed by atoms with E-state index in [4.69, 9.17) is 4.74 Å². The fraction of sp³-hybridized carbons (Fsp3) is 0.235. The van der Waals surface area contributed by atoms with E-state index in [1.165, 1.54) is 6.08 Å². The minimum atomic E-state index is -0.337. The van der Waals surface area contributed by atoms with Crippen molar-refractivity contribution in [1.29, 1.82) is 0 Å². The SMILES string of the molecule is Cn1cc(/C=C\C(=O)NCc2cccc(N3CCOC3=O)c2)cn1. The molecular formula is C17H18N4O3. The van der Waals surface area contributed by atoms with Gasteiger partial charge in [0.2, 0.25) is 5.91 Å². The van der Waals surface area contributed by atoms with Gasteiger partial charge in [0, 0.05) is 37.1 Å². The van der Waals surface area contributed by atoms with E-state index in [0.717, 1.165) is 16.8 Å². The second kappa shape index (κ2) is 6.99. The van der Waals surface area contributed by atoms with Crippen LogP contribution in [-0.2, 0) is 23.1 Å². The molecule has 2 amide bonds. The zero-order valence-corrected chi connectivity index (χ0v) is 13.3. The van der Waals surface area contributed by atoms with Gasteiger partial charge in [-0.1, -0.05) is 12.1 Å². The summed E-state index contributed by atoms with van der Waals surface area (Å²) in [5, 5.41) is 6.85. The number of nitrogens with one attached hydrogen (secondary N) is 1. The summed E-state index contributed by atoms with van der Waals surface area (Å²) in [6.45, 7) is 1.33. The molecule has 3 rings (SSSR count). The highest BCUT2D eigenvalue weighted by atomic mass is 16.6. The van der Waals surface area contributed by atoms with Crippen molar-refractivity contribution in [3.05, 3.63) is 53.9 Å². The number of ether oxygens (including phenoxy) is 1. The Hall–Kier alpha value is -3.09. The number of hydrogen-bond acceptors (Lipinski definition) is 4. The third kappa shape index (κ3) is 3.81. The molecule has 7 heteroatoms.